The first kappa shape index (κ1) is 14.2. The summed E-state index contributed by atoms with van der Waals surface area (Å²) in [5.74, 6) is 6.13. The number of nitrogen functional groups attached to an aromatic ring is 1. The van der Waals surface area contributed by atoms with Gasteiger partial charge in [-0.2, -0.15) is 0 Å². The number of rotatable bonds is 6. The molecule has 2 heterocycles. The van der Waals surface area contributed by atoms with Crippen molar-refractivity contribution in [3.05, 3.63) is 23.9 Å². The summed E-state index contributed by atoms with van der Waals surface area (Å²) in [6, 6.07) is 6.64. The summed E-state index contributed by atoms with van der Waals surface area (Å²) >= 11 is 0. The van der Waals surface area contributed by atoms with Crippen LogP contribution in [0.3, 0.4) is 0 Å². The molecule has 2 rings (SSSR count). The molecule has 1 atom stereocenters. The molecule has 0 amide bonds. The van der Waals surface area contributed by atoms with Gasteiger partial charge in [0.15, 0.2) is 0 Å². The van der Waals surface area contributed by atoms with Gasteiger partial charge in [-0.05, 0) is 31.6 Å². The number of aromatic nitrogens is 1. The SMILES string of the molecule is CCN(CC)C1CCN(Cc2cccc(NN)n2)C1. The van der Waals surface area contributed by atoms with Gasteiger partial charge in [0.2, 0.25) is 0 Å². The number of nitrogens with zero attached hydrogens (tertiary/aromatic N) is 3. The third-order valence-corrected chi connectivity index (χ3v) is 3.92. The summed E-state index contributed by atoms with van der Waals surface area (Å²) in [6.07, 6.45) is 1.26. The molecule has 5 nitrogen and oxygen atoms in total. The van der Waals surface area contributed by atoms with E-state index in [4.69, 9.17) is 5.84 Å². The highest BCUT2D eigenvalue weighted by Gasteiger charge is 2.26. The Labute approximate surface area is 115 Å². The molecule has 1 fully saturated rings. The van der Waals surface area contributed by atoms with E-state index in [1.807, 2.05) is 12.1 Å². The molecule has 1 unspecified atom stereocenters. The van der Waals surface area contributed by atoms with Gasteiger partial charge in [0, 0.05) is 25.7 Å². The van der Waals surface area contributed by atoms with Crippen molar-refractivity contribution in [1.29, 1.82) is 0 Å². The van der Waals surface area contributed by atoms with Gasteiger partial charge in [-0.15, -0.1) is 0 Å². The van der Waals surface area contributed by atoms with Crippen LogP contribution in [0.5, 0.6) is 0 Å². The molecule has 1 aliphatic heterocycles. The second-order valence-electron chi connectivity index (χ2n) is 5.06. The summed E-state index contributed by atoms with van der Waals surface area (Å²) in [5.41, 5.74) is 3.68. The molecular formula is C14H25N5. The Morgan fingerprint density at radius 3 is 2.89 bits per heavy atom. The predicted molar refractivity (Wildman–Crippen MR) is 78.7 cm³/mol. The number of likely N-dealkylation sites (N-methyl/N-ethyl adjacent to an activating group) is 1. The Balaban J connectivity index is 1.90. The largest absolute Gasteiger partial charge is 0.308 e. The van der Waals surface area contributed by atoms with E-state index in [9.17, 15) is 0 Å². The summed E-state index contributed by atoms with van der Waals surface area (Å²) in [4.78, 5) is 9.50. The maximum absolute atomic E-state index is 5.39. The standard InChI is InChI=1S/C14H25N5/c1-3-19(4-2)13-8-9-18(11-13)10-12-6-5-7-14(16-12)17-15/h5-7,13H,3-4,8-11,15H2,1-2H3,(H,16,17). The quantitative estimate of drug-likeness (QED) is 0.598. The van der Waals surface area contributed by atoms with Crippen LogP contribution in [0.2, 0.25) is 0 Å². The van der Waals surface area contributed by atoms with E-state index >= 15 is 0 Å². The second kappa shape index (κ2) is 6.84. The molecule has 3 N–H and O–H groups in total. The number of hydrogen-bond donors (Lipinski definition) is 2. The number of nitrogens with two attached hydrogens (primary N) is 1. The van der Waals surface area contributed by atoms with Crippen LogP contribution < -0.4 is 11.3 Å². The van der Waals surface area contributed by atoms with Crippen molar-refractivity contribution in [3.8, 4) is 0 Å². The van der Waals surface area contributed by atoms with Gasteiger partial charge < -0.3 is 5.43 Å². The molecule has 0 aliphatic carbocycles. The Hall–Kier alpha value is -1.17. The summed E-state index contributed by atoms with van der Waals surface area (Å²) in [6.45, 7) is 9.97. The Kier molecular flexibility index (Phi) is 5.13. The molecular weight excluding hydrogens is 238 g/mol. The smallest absolute Gasteiger partial charge is 0.140 e. The lowest BCUT2D eigenvalue weighted by atomic mass is 10.2. The third-order valence-electron chi connectivity index (χ3n) is 3.92. The minimum Gasteiger partial charge on any atom is -0.308 e. The van der Waals surface area contributed by atoms with Crippen LogP contribution in [0.15, 0.2) is 18.2 Å². The average Bonchev–Trinajstić information content (AvgIpc) is 2.89. The van der Waals surface area contributed by atoms with E-state index in [-0.39, 0.29) is 0 Å². The monoisotopic (exact) mass is 263 g/mol. The average molecular weight is 263 g/mol. The fourth-order valence-corrected chi connectivity index (χ4v) is 2.87. The fourth-order valence-electron chi connectivity index (χ4n) is 2.87. The maximum Gasteiger partial charge on any atom is 0.140 e. The van der Waals surface area contributed by atoms with E-state index in [1.165, 1.54) is 6.42 Å². The molecule has 19 heavy (non-hydrogen) atoms. The fraction of sp³-hybridized carbons (Fsp3) is 0.643. The number of nitrogens with one attached hydrogen (secondary N) is 1. The molecule has 0 spiro atoms. The maximum atomic E-state index is 5.39. The zero-order valence-corrected chi connectivity index (χ0v) is 12.0. The first-order valence-corrected chi connectivity index (χ1v) is 7.15. The highest BCUT2D eigenvalue weighted by Crippen LogP contribution is 2.17. The minimum absolute atomic E-state index is 0.700. The molecule has 0 bridgehead atoms. The minimum atomic E-state index is 0.700. The number of likely N-dealkylation sites (tertiary alicyclic amines) is 1. The molecule has 106 valence electrons. The molecule has 1 aromatic rings. The van der Waals surface area contributed by atoms with Crippen molar-refractivity contribution in [3.63, 3.8) is 0 Å². The highest BCUT2D eigenvalue weighted by atomic mass is 15.3. The van der Waals surface area contributed by atoms with E-state index in [1.54, 1.807) is 0 Å². The molecule has 0 radical (unpaired) electrons. The lowest BCUT2D eigenvalue weighted by Gasteiger charge is -2.26. The lowest BCUT2D eigenvalue weighted by Crippen LogP contribution is -2.37. The van der Waals surface area contributed by atoms with Crippen molar-refractivity contribution < 1.29 is 0 Å². The predicted octanol–water partition coefficient (Wildman–Crippen LogP) is 1.28. The van der Waals surface area contributed by atoms with Gasteiger partial charge >= 0.3 is 0 Å². The van der Waals surface area contributed by atoms with E-state index in [0.29, 0.717) is 6.04 Å². The first-order valence-electron chi connectivity index (χ1n) is 7.15. The Bertz CT molecular complexity index is 391. The molecule has 1 saturated heterocycles. The zero-order valence-electron chi connectivity index (χ0n) is 12.0. The van der Waals surface area contributed by atoms with Gasteiger partial charge in [-0.3, -0.25) is 9.80 Å². The number of pyridine rings is 1. The van der Waals surface area contributed by atoms with Crippen LogP contribution in [0.1, 0.15) is 26.0 Å². The number of anilines is 1. The number of hydrogen-bond acceptors (Lipinski definition) is 5. The Morgan fingerprint density at radius 1 is 1.42 bits per heavy atom. The van der Waals surface area contributed by atoms with Crippen molar-refractivity contribution >= 4 is 5.82 Å². The highest BCUT2D eigenvalue weighted by molar-refractivity contribution is 5.33. The van der Waals surface area contributed by atoms with Crippen LogP contribution >= 0.6 is 0 Å². The summed E-state index contributed by atoms with van der Waals surface area (Å²) in [5, 5.41) is 0. The molecule has 0 saturated carbocycles. The van der Waals surface area contributed by atoms with Gasteiger partial charge in [0.1, 0.15) is 5.82 Å². The van der Waals surface area contributed by atoms with Gasteiger partial charge in [0.25, 0.3) is 0 Å². The van der Waals surface area contributed by atoms with Crippen molar-refractivity contribution in [2.45, 2.75) is 32.9 Å². The summed E-state index contributed by atoms with van der Waals surface area (Å²) in [7, 11) is 0. The first-order chi connectivity index (χ1) is 9.26. The van der Waals surface area contributed by atoms with Crippen LogP contribution in [-0.2, 0) is 6.54 Å². The molecule has 1 aliphatic rings. The van der Waals surface area contributed by atoms with E-state index in [0.717, 1.165) is 44.2 Å². The van der Waals surface area contributed by atoms with Crippen molar-refractivity contribution in [1.82, 2.24) is 14.8 Å². The normalized spacial score (nSPS) is 20.1. The van der Waals surface area contributed by atoms with E-state index < -0.39 is 0 Å². The lowest BCUT2D eigenvalue weighted by molar-refractivity contribution is 0.208. The molecule has 5 heteroatoms. The van der Waals surface area contributed by atoms with Crippen LogP contribution in [0, 0.1) is 0 Å². The van der Waals surface area contributed by atoms with Gasteiger partial charge in [0.05, 0.1) is 5.69 Å². The molecule has 1 aromatic heterocycles. The third kappa shape index (κ3) is 3.65. The number of hydrazine groups is 1. The van der Waals surface area contributed by atoms with Crippen LogP contribution in [0.25, 0.3) is 0 Å². The second-order valence-corrected chi connectivity index (χ2v) is 5.06. The van der Waals surface area contributed by atoms with Gasteiger partial charge in [-0.25, -0.2) is 10.8 Å². The Morgan fingerprint density at radius 2 is 2.21 bits per heavy atom. The van der Waals surface area contributed by atoms with Crippen LogP contribution in [0.4, 0.5) is 5.82 Å². The molecule has 0 aromatic carbocycles. The topological polar surface area (TPSA) is 57.4 Å². The summed E-state index contributed by atoms with van der Waals surface area (Å²) < 4.78 is 0. The van der Waals surface area contributed by atoms with Gasteiger partial charge in [-0.1, -0.05) is 19.9 Å². The van der Waals surface area contributed by atoms with Crippen molar-refractivity contribution in [2.75, 3.05) is 31.6 Å². The van der Waals surface area contributed by atoms with Crippen molar-refractivity contribution in [2.24, 2.45) is 5.84 Å². The zero-order chi connectivity index (χ0) is 13.7. The van der Waals surface area contributed by atoms with E-state index in [2.05, 4.69) is 40.1 Å². The van der Waals surface area contributed by atoms with Crippen LogP contribution in [-0.4, -0.2) is 47.0 Å².